The second-order valence-corrected chi connectivity index (χ2v) is 2.23. The minimum atomic E-state index is 0.182. The zero-order valence-electron chi connectivity index (χ0n) is 4.61. The van der Waals surface area contributed by atoms with Crippen LogP contribution in [0, 0.1) is 0 Å². The molecule has 0 aromatic rings. The van der Waals surface area contributed by atoms with Gasteiger partial charge in [0, 0.05) is 0 Å². The first-order chi connectivity index (χ1) is 3.27. The van der Waals surface area contributed by atoms with E-state index in [1.807, 2.05) is 6.08 Å². The third-order valence-corrected chi connectivity index (χ3v) is 1.21. The van der Waals surface area contributed by atoms with Crippen LogP contribution in [0.5, 0.6) is 0 Å². The summed E-state index contributed by atoms with van der Waals surface area (Å²) in [6.45, 7) is 6.61. The number of ether oxygens (including phenoxy) is 1. The van der Waals surface area contributed by atoms with Crippen molar-refractivity contribution in [2.75, 3.05) is 6.61 Å². The van der Waals surface area contributed by atoms with Crippen LogP contribution < -0.4 is 0 Å². The fourth-order valence-corrected chi connectivity index (χ4v) is 0.546. The smallest absolute Gasteiger partial charge is 0.0922 e. The predicted molar refractivity (Wildman–Crippen MR) is 29.2 cm³/mol. The molecular weight excluding hydrogens is 88.1 g/mol. The van der Waals surface area contributed by atoms with Crippen LogP contribution in [0.15, 0.2) is 12.7 Å². The van der Waals surface area contributed by atoms with Gasteiger partial charge in [-0.2, -0.15) is 0 Å². The summed E-state index contributed by atoms with van der Waals surface area (Å²) in [5, 5.41) is 0. The highest BCUT2D eigenvalue weighted by Crippen LogP contribution is 2.29. The van der Waals surface area contributed by atoms with E-state index in [-0.39, 0.29) is 5.60 Å². The first-order valence-corrected chi connectivity index (χ1v) is 2.52. The molecule has 0 spiro atoms. The van der Waals surface area contributed by atoms with Gasteiger partial charge >= 0.3 is 0 Å². The predicted octanol–water partition coefficient (Wildman–Crippen LogP) is 1.35. The van der Waals surface area contributed by atoms with Gasteiger partial charge in [-0.25, -0.2) is 0 Å². The molecule has 1 aliphatic rings. The molecule has 40 valence electrons. The number of hydrogen-bond donors (Lipinski definition) is 0. The molecule has 0 bridgehead atoms. The molecule has 0 aliphatic carbocycles. The van der Waals surface area contributed by atoms with Crippen molar-refractivity contribution < 1.29 is 4.74 Å². The lowest BCUT2D eigenvalue weighted by Crippen LogP contribution is -1.99. The first kappa shape index (κ1) is 4.85. The fraction of sp³-hybridized carbons (Fsp3) is 0.667. The average molecular weight is 98.1 g/mol. The highest BCUT2D eigenvalue weighted by Gasteiger charge is 2.37. The molecule has 0 saturated carbocycles. The quantitative estimate of drug-likeness (QED) is 0.375. The van der Waals surface area contributed by atoms with Crippen molar-refractivity contribution in [3.8, 4) is 0 Å². The molecule has 0 unspecified atom stereocenters. The van der Waals surface area contributed by atoms with Gasteiger partial charge in [0.05, 0.1) is 12.2 Å². The minimum Gasteiger partial charge on any atom is -0.370 e. The van der Waals surface area contributed by atoms with E-state index < -0.39 is 0 Å². The molecule has 1 heteroatoms. The van der Waals surface area contributed by atoms with Crippen molar-refractivity contribution in [1.82, 2.24) is 0 Å². The van der Waals surface area contributed by atoms with Crippen LogP contribution in [0.4, 0.5) is 0 Å². The summed E-state index contributed by atoms with van der Waals surface area (Å²) >= 11 is 0. The van der Waals surface area contributed by atoms with Gasteiger partial charge in [-0.05, 0) is 13.3 Å². The summed E-state index contributed by atoms with van der Waals surface area (Å²) in [5.41, 5.74) is 0.182. The lowest BCUT2D eigenvalue weighted by molar-refractivity contribution is 0.326. The first-order valence-electron chi connectivity index (χ1n) is 2.52. The molecule has 1 atom stereocenters. The van der Waals surface area contributed by atoms with Crippen LogP contribution in [0.25, 0.3) is 0 Å². The molecule has 1 nitrogen and oxygen atoms in total. The van der Waals surface area contributed by atoms with Gasteiger partial charge in [0.2, 0.25) is 0 Å². The second kappa shape index (κ2) is 1.34. The van der Waals surface area contributed by atoms with Gasteiger partial charge in [-0.1, -0.05) is 6.08 Å². The summed E-state index contributed by atoms with van der Waals surface area (Å²) in [5.74, 6) is 0. The lowest BCUT2D eigenvalue weighted by atomic mass is 10.1. The van der Waals surface area contributed by atoms with Gasteiger partial charge in [-0.3, -0.25) is 0 Å². The SMILES string of the molecule is C=CC[C@]1(C)CO1. The maximum absolute atomic E-state index is 5.07. The van der Waals surface area contributed by atoms with Crippen molar-refractivity contribution in [3.05, 3.63) is 12.7 Å². The second-order valence-electron chi connectivity index (χ2n) is 2.23. The molecular formula is C6H10O. The summed E-state index contributed by atoms with van der Waals surface area (Å²) in [6, 6.07) is 0. The van der Waals surface area contributed by atoms with Gasteiger partial charge in [0.1, 0.15) is 0 Å². The lowest BCUT2D eigenvalue weighted by Gasteiger charge is -1.94. The molecule has 0 N–H and O–H groups in total. The van der Waals surface area contributed by atoms with Crippen molar-refractivity contribution in [2.24, 2.45) is 0 Å². The highest BCUT2D eigenvalue weighted by atomic mass is 16.6. The zero-order chi connectivity index (χ0) is 5.33. The molecule has 0 aromatic carbocycles. The summed E-state index contributed by atoms with van der Waals surface area (Å²) in [6.07, 6.45) is 2.89. The van der Waals surface area contributed by atoms with Crippen molar-refractivity contribution in [3.63, 3.8) is 0 Å². The Morgan fingerprint density at radius 3 is 2.71 bits per heavy atom. The number of rotatable bonds is 2. The normalized spacial score (nSPS) is 37.9. The molecule has 0 radical (unpaired) electrons. The van der Waals surface area contributed by atoms with E-state index >= 15 is 0 Å². The zero-order valence-corrected chi connectivity index (χ0v) is 4.61. The largest absolute Gasteiger partial charge is 0.370 e. The minimum absolute atomic E-state index is 0.182. The summed E-state index contributed by atoms with van der Waals surface area (Å²) in [4.78, 5) is 0. The summed E-state index contributed by atoms with van der Waals surface area (Å²) < 4.78 is 5.07. The van der Waals surface area contributed by atoms with Gasteiger partial charge in [0.15, 0.2) is 0 Å². The number of epoxide rings is 1. The standard InChI is InChI=1S/C6H10O/c1-3-4-6(2)5-7-6/h3H,1,4-5H2,2H3/t6-/m1/s1. The van der Waals surface area contributed by atoms with Crippen molar-refractivity contribution in [1.29, 1.82) is 0 Å². The maximum Gasteiger partial charge on any atom is 0.0922 e. The average Bonchev–Trinajstić information content (AvgIpc) is 2.22. The Hall–Kier alpha value is -0.300. The van der Waals surface area contributed by atoms with E-state index in [4.69, 9.17) is 4.74 Å². The van der Waals surface area contributed by atoms with E-state index in [9.17, 15) is 0 Å². The third-order valence-electron chi connectivity index (χ3n) is 1.21. The van der Waals surface area contributed by atoms with E-state index in [2.05, 4.69) is 13.5 Å². The van der Waals surface area contributed by atoms with Gasteiger partial charge in [-0.15, -0.1) is 6.58 Å². The van der Waals surface area contributed by atoms with E-state index in [0.29, 0.717) is 0 Å². The molecule has 1 saturated heterocycles. The third kappa shape index (κ3) is 1.03. The molecule has 1 heterocycles. The molecule has 0 aromatic heterocycles. The Balaban J connectivity index is 2.25. The summed E-state index contributed by atoms with van der Waals surface area (Å²) in [7, 11) is 0. The highest BCUT2D eigenvalue weighted by molar-refractivity contribution is 4.92. The van der Waals surface area contributed by atoms with E-state index in [1.165, 1.54) is 0 Å². The van der Waals surface area contributed by atoms with Gasteiger partial charge < -0.3 is 4.74 Å². The maximum atomic E-state index is 5.07. The Kier molecular flexibility index (Phi) is 0.927. The van der Waals surface area contributed by atoms with Crippen LogP contribution in [-0.4, -0.2) is 12.2 Å². The Morgan fingerprint density at radius 1 is 2.00 bits per heavy atom. The van der Waals surface area contributed by atoms with E-state index in [1.54, 1.807) is 0 Å². The van der Waals surface area contributed by atoms with Crippen molar-refractivity contribution in [2.45, 2.75) is 18.9 Å². The molecule has 1 fully saturated rings. The Bertz CT molecular complexity index is 82.2. The van der Waals surface area contributed by atoms with E-state index in [0.717, 1.165) is 13.0 Å². The van der Waals surface area contributed by atoms with Gasteiger partial charge in [0.25, 0.3) is 0 Å². The van der Waals surface area contributed by atoms with Crippen LogP contribution >= 0.6 is 0 Å². The molecule has 0 amide bonds. The monoisotopic (exact) mass is 98.1 g/mol. The van der Waals surface area contributed by atoms with Crippen LogP contribution in [0.1, 0.15) is 13.3 Å². The Labute approximate surface area is 44.0 Å². The van der Waals surface area contributed by atoms with Crippen LogP contribution in [0.2, 0.25) is 0 Å². The molecule has 1 rings (SSSR count). The number of hydrogen-bond acceptors (Lipinski definition) is 1. The molecule has 7 heavy (non-hydrogen) atoms. The fourth-order valence-electron chi connectivity index (χ4n) is 0.546. The molecule has 1 aliphatic heterocycles. The Morgan fingerprint density at radius 2 is 2.57 bits per heavy atom. The van der Waals surface area contributed by atoms with Crippen molar-refractivity contribution >= 4 is 0 Å². The van der Waals surface area contributed by atoms with Crippen LogP contribution in [-0.2, 0) is 4.74 Å². The topological polar surface area (TPSA) is 12.5 Å². The van der Waals surface area contributed by atoms with Crippen LogP contribution in [0.3, 0.4) is 0 Å².